The summed E-state index contributed by atoms with van der Waals surface area (Å²) in [5.41, 5.74) is 4.76. The summed E-state index contributed by atoms with van der Waals surface area (Å²) in [6.45, 7) is 3.70. The minimum Gasteiger partial charge on any atom is -0.490 e. The molecule has 1 aliphatic heterocycles. The molecule has 0 radical (unpaired) electrons. The highest BCUT2D eigenvalue weighted by molar-refractivity contribution is 9.10. The van der Waals surface area contributed by atoms with Gasteiger partial charge in [0.25, 0.3) is 0 Å². The van der Waals surface area contributed by atoms with Gasteiger partial charge in [0.2, 0.25) is 0 Å². The number of hydrogen-bond donors (Lipinski definition) is 4. The molecule has 11 heteroatoms. The van der Waals surface area contributed by atoms with Crippen molar-refractivity contribution < 1.29 is 28.9 Å². The van der Waals surface area contributed by atoms with Crippen molar-refractivity contribution in [3.05, 3.63) is 69.3 Å². The number of carbonyl (C=O) groups excluding carboxylic acids is 2. The van der Waals surface area contributed by atoms with Gasteiger partial charge in [-0.3, -0.25) is 5.43 Å². The molecule has 4 N–H and O–H groups in total. The lowest BCUT2D eigenvalue weighted by atomic mass is 9.95. The predicted octanol–water partition coefficient (Wildman–Crippen LogP) is 2.97. The van der Waals surface area contributed by atoms with Crippen molar-refractivity contribution in [2.45, 2.75) is 26.1 Å². The number of nitrogens with zero attached hydrogens (tertiary/aromatic N) is 1. The van der Waals surface area contributed by atoms with Crippen LogP contribution in [0.5, 0.6) is 11.5 Å². The quantitative estimate of drug-likeness (QED) is 0.156. The van der Waals surface area contributed by atoms with Gasteiger partial charge in [-0.15, -0.1) is 0 Å². The molecule has 3 rings (SSSR count). The fraction of sp³-hybridized carbons (Fsp3) is 0.292. The van der Waals surface area contributed by atoms with Crippen LogP contribution in [-0.2, 0) is 9.53 Å². The van der Waals surface area contributed by atoms with Gasteiger partial charge in [-0.25, -0.2) is 9.59 Å². The van der Waals surface area contributed by atoms with Gasteiger partial charge in [0.1, 0.15) is 6.61 Å². The van der Waals surface area contributed by atoms with Crippen LogP contribution >= 0.6 is 15.9 Å². The van der Waals surface area contributed by atoms with Crippen molar-refractivity contribution in [2.24, 2.45) is 5.10 Å². The Kier molecular flexibility index (Phi) is 9.10. The number of nitrogens with one attached hydrogen (secondary N) is 3. The second-order valence-corrected chi connectivity index (χ2v) is 8.38. The molecule has 1 heterocycles. The molecule has 2 amide bonds. The first-order chi connectivity index (χ1) is 16.8. The van der Waals surface area contributed by atoms with Gasteiger partial charge in [0.15, 0.2) is 17.7 Å². The van der Waals surface area contributed by atoms with Crippen LogP contribution in [0.4, 0.5) is 4.79 Å². The highest BCUT2D eigenvalue weighted by Crippen LogP contribution is 2.34. The molecular weight excluding hydrogens is 520 g/mol. The van der Waals surface area contributed by atoms with Gasteiger partial charge >= 0.3 is 12.0 Å². The minimum atomic E-state index is -1.07. The van der Waals surface area contributed by atoms with Crippen molar-refractivity contribution in [3.8, 4) is 11.5 Å². The molecule has 10 nitrogen and oxygen atoms in total. The van der Waals surface area contributed by atoms with E-state index in [-0.39, 0.29) is 12.2 Å². The highest BCUT2D eigenvalue weighted by atomic mass is 79.9. The van der Waals surface area contributed by atoms with Crippen LogP contribution < -0.4 is 25.5 Å². The van der Waals surface area contributed by atoms with E-state index in [4.69, 9.17) is 14.2 Å². The summed E-state index contributed by atoms with van der Waals surface area (Å²) < 4.78 is 17.3. The van der Waals surface area contributed by atoms with Crippen LogP contribution in [0, 0.1) is 0 Å². The standard InChI is InChI=1S/C24H27BrN4O6/c1-4-34-19-11-16(22-21(23(31)33-3)14(2)27-24(32)28-22)7-10-18(19)35-13-20(30)29-26-12-15-5-8-17(25)9-6-15/h5-12,20,22,29-30H,4,13H2,1-3H3,(H2,27,28,32)/b26-12-/t20-,22+/m0/s1. The van der Waals surface area contributed by atoms with E-state index in [0.29, 0.717) is 29.4 Å². The molecule has 2 aromatic carbocycles. The van der Waals surface area contributed by atoms with Crippen molar-refractivity contribution in [3.63, 3.8) is 0 Å². The number of ether oxygens (including phenoxy) is 3. The Morgan fingerprint density at radius 1 is 1.23 bits per heavy atom. The monoisotopic (exact) mass is 546 g/mol. The Morgan fingerprint density at radius 3 is 2.66 bits per heavy atom. The summed E-state index contributed by atoms with van der Waals surface area (Å²) >= 11 is 3.37. The smallest absolute Gasteiger partial charge is 0.337 e. The third kappa shape index (κ3) is 6.96. The SMILES string of the molecule is CCOc1cc([C@H]2NC(=O)NC(C)=C2C(=O)OC)ccc1OC[C@H](O)N/N=C\c1ccc(Br)cc1. The minimum absolute atomic E-state index is 0.104. The van der Waals surface area contributed by atoms with Crippen molar-refractivity contribution in [1.82, 2.24) is 16.1 Å². The molecule has 2 aromatic rings. The van der Waals surface area contributed by atoms with Crippen LogP contribution in [0.3, 0.4) is 0 Å². The van der Waals surface area contributed by atoms with Crippen molar-refractivity contribution in [1.29, 1.82) is 0 Å². The van der Waals surface area contributed by atoms with Crippen LogP contribution in [0.25, 0.3) is 0 Å². The molecular formula is C24H27BrN4O6. The number of aliphatic hydroxyl groups excluding tert-OH is 1. The fourth-order valence-corrected chi connectivity index (χ4v) is 3.63. The molecule has 0 aromatic heterocycles. The van der Waals surface area contributed by atoms with E-state index in [9.17, 15) is 14.7 Å². The summed E-state index contributed by atoms with van der Waals surface area (Å²) in [5, 5.41) is 19.5. The molecule has 0 unspecified atom stereocenters. The number of benzene rings is 2. The lowest BCUT2D eigenvalue weighted by Gasteiger charge is -2.28. The Morgan fingerprint density at radius 2 is 1.97 bits per heavy atom. The van der Waals surface area contributed by atoms with E-state index < -0.39 is 24.3 Å². The third-order valence-corrected chi connectivity index (χ3v) is 5.51. The first kappa shape index (κ1) is 26.0. The molecule has 0 saturated heterocycles. The zero-order valence-electron chi connectivity index (χ0n) is 19.5. The zero-order chi connectivity index (χ0) is 25.4. The highest BCUT2D eigenvalue weighted by Gasteiger charge is 2.32. The van der Waals surface area contributed by atoms with E-state index in [2.05, 4.69) is 37.1 Å². The first-order valence-corrected chi connectivity index (χ1v) is 11.6. The van der Waals surface area contributed by atoms with E-state index >= 15 is 0 Å². The predicted molar refractivity (Wildman–Crippen MR) is 133 cm³/mol. The topological polar surface area (TPSA) is 131 Å². The summed E-state index contributed by atoms with van der Waals surface area (Å²) in [4.78, 5) is 24.4. The lowest BCUT2D eigenvalue weighted by molar-refractivity contribution is -0.136. The number of hydrogen-bond acceptors (Lipinski definition) is 8. The number of urea groups is 1. The molecule has 1 aliphatic rings. The van der Waals surface area contributed by atoms with Gasteiger partial charge < -0.3 is 30.0 Å². The molecule has 0 fully saturated rings. The second kappa shape index (κ2) is 12.2. The van der Waals surface area contributed by atoms with Gasteiger partial charge in [-0.1, -0.05) is 34.1 Å². The van der Waals surface area contributed by atoms with Gasteiger partial charge in [0.05, 0.1) is 31.5 Å². The van der Waals surface area contributed by atoms with E-state index in [1.54, 1.807) is 31.3 Å². The average Bonchev–Trinajstić information content (AvgIpc) is 2.83. The van der Waals surface area contributed by atoms with Crippen molar-refractivity contribution in [2.75, 3.05) is 20.3 Å². The average molecular weight is 547 g/mol. The fourth-order valence-electron chi connectivity index (χ4n) is 3.37. The third-order valence-electron chi connectivity index (χ3n) is 4.98. The van der Waals surface area contributed by atoms with Gasteiger partial charge in [0, 0.05) is 10.2 Å². The molecule has 0 spiro atoms. The molecule has 0 bridgehead atoms. The maximum Gasteiger partial charge on any atom is 0.337 e. The van der Waals surface area contributed by atoms with E-state index in [1.807, 2.05) is 31.2 Å². The number of allylic oxidation sites excluding steroid dienone is 1. The largest absolute Gasteiger partial charge is 0.490 e. The maximum absolute atomic E-state index is 12.3. The van der Waals surface area contributed by atoms with Crippen molar-refractivity contribution >= 4 is 34.1 Å². The molecule has 2 atom stereocenters. The molecule has 186 valence electrons. The Hall–Kier alpha value is -3.57. The number of carbonyl (C=O) groups is 2. The number of hydrazone groups is 1. The van der Waals surface area contributed by atoms with Crippen LogP contribution in [0.2, 0.25) is 0 Å². The molecule has 0 aliphatic carbocycles. The summed E-state index contributed by atoms with van der Waals surface area (Å²) in [5.74, 6) is 0.218. The zero-order valence-corrected chi connectivity index (χ0v) is 21.1. The number of aliphatic hydroxyl groups is 1. The van der Waals surface area contributed by atoms with E-state index in [0.717, 1.165) is 10.0 Å². The number of methoxy groups -OCH3 is 1. The number of esters is 1. The summed E-state index contributed by atoms with van der Waals surface area (Å²) in [6.07, 6.45) is 0.508. The molecule has 35 heavy (non-hydrogen) atoms. The summed E-state index contributed by atoms with van der Waals surface area (Å²) in [6, 6.07) is 11.4. The van der Waals surface area contributed by atoms with Gasteiger partial charge in [-0.2, -0.15) is 5.10 Å². The summed E-state index contributed by atoms with van der Waals surface area (Å²) in [7, 11) is 1.28. The number of halogens is 1. The first-order valence-electron chi connectivity index (χ1n) is 10.8. The molecule has 0 saturated carbocycles. The Labute approximate surface area is 211 Å². The van der Waals surface area contributed by atoms with Crippen LogP contribution in [0.1, 0.15) is 31.0 Å². The lowest BCUT2D eigenvalue weighted by Crippen LogP contribution is -2.45. The number of amides is 2. The second-order valence-electron chi connectivity index (χ2n) is 7.47. The van der Waals surface area contributed by atoms with Gasteiger partial charge in [-0.05, 0) is 49.2 Å². The Bertz CT molecular complexity index is 1120. The van der Waals surface area contributed by atoms with Crippen LogP contribution in [-0.4, -0.2) is 49.9 Å². The number of rotatable bonds is 10. The van der Waals surface area contributed by atoms with Crippen LogP contribution in [0.15, 0.2) is 63.3 Å². The normalized spacial score (nSPS) is 16.4. The van der Waals surface area contributed by atoms with E-state index in [1.165, 1.54) is 7.11 Å². The Balaban J connectivity index is 1.71. The maximum atomic E-state index is 12.3.